The van der Waals surface area contributed by atoms with E-state index >= 15 is 0 Å². The number of amides is 1. The fourth-order valence-corrected chi connectivity index (χ4v) is 3.00. The summed E-state index contributed by atoms with van der Waals surface area (Å²) < 4.78 is 5.03. The monoisotopic (exact) mass is 291 g/mol. The Hall–Kier alpha value is -1.66. The van der Waals surface area contributed by atoms with Crippen molar-refractivity contribution in [1.29, 1.82) is 0 Å². The largest absolute Gasteiger partial charge is 0.472 e. The number of hydrogen-bond acceptors (Lipinski definition) is 5. The van der Waals surface area contributed by atoms with E-state index in [4.69, 9.17) is 10.2 Å². The zero-order valence-electron chi connectivity index (χ0n) is 11.0. The van der Waals surface area contributed by atoms with Gasteiger partial charge in [-0.15, -0.1) is 11.3 Å². The van der Waals surface area contributed by atoms with Crippen molar-refractivity contribution in [3.63, 3.8) is 0 Å². The minimum atomic E-state index is -0.00334. The number of nitrogens with one attached hydrogen (secondary N) is 1. The fourth-order valence-electron chi connectivity index (χ4n) is 2.20. The van der Waals surface area contributed by atoms with Crippen LogP contribution in [0.4, 0.5) is 0 Å². The first-order chi connectivity index (χ1) is 9.76. The minimum absolute atomic E-state index is 0.00334. The highest BCUT2D eigenvalue weighted by Crippen LogP contribution is 2.32. The first-order valence-corrected chi connectivity index (χ1v) is 7.60. The molecule has 106 valence electrons. The van der Waals surface area contributed by atoms with Crippen molar-refractivity contribution in [2.45, 2.75) is 25.3 Å². The third kappa shape index (κ3) is 3.08. The van der Waals surface area contributed by atoms with Gasteiger partial charge in [0.2, 0.25) is 5.91 Å². The summed E-state index contributed by atoms with van der Waals surface area (Å²) in [5.74, 6) is 0.567. The molecule has 0 bridgehead atoms. The van der Waals surface area contributed by atoms with E-state index in [9.17, 15) is 4.79 Å². The van der Waals surface area contributed by atoms with Crippen LogP contribution in [0.5, 0.6) is 0 Å². The Labute approximate surface area is 121 Å². The lowest BCUT2D eigenvalue weighted by atomic mass is 10.2. The van der Waals surface area contributed by atoms with Gasteiger partial charge in [0.1, 0.15) is 11.3 Å². The number of nitrogens with two attached hydrogens (primary N) is 1. The molecule has 20 heavy (non-hydrogen) atoms. The first kappa shape index (κ1) is 13.3. The van der Waals surface area contributed by atoms with Gasteiger partial charge in [0.05, 0.1) is 18.4 Å². The van der Waals surface area contributed by atoms with Crippen molar-refractivity contribution in [2.75, 3.05) is 6.54 Å². The van der Waals surface area contributed by atoms with Crippen LogP contribution in [0.1, 0.15) is 18.5 Å². The van der Waals surface area contributed by atoms with Crippen molar-refractivity contribution in [2.24, 2.45) is 11.7 Å². The van der Waals surface area contributed by atoms with Crippen LogP contribution in [0.2, 0.25) is 0 Å². The molecule has 1 unspecified atom stereocenters. The van der Waals surface area contributed by atoms with Gasteiger partial charge in [-0.2, -0.15) is 0 Å². The second-order valence-electron chi connectivity index (χ2n) is 5.08. The third-order valence-corrected chi connectivity index (χ3v) is 4.39. The van der Waals surface area contributed by atoms with E-state index in [0.717, 1.165) is 16.3 Å². The van der Waals surface area contributed by atoms with Crippen molar-refractivity contribution in [3.05, 3.63) is 29.7 Å². The Balaban J connectivity index is 1.58. The highest BCUT2D eigenvalue weighted by Gasteiger charge is 2.31. The van der Waals surface area contributed by atoms with E-state index < -0.39 is 0 Å². The number of aromatic nitrogens is 1. The number of thiazole rings is 1. The summed E-state index contributed by atoms with van der Waals surface area (Å²) in [6, 6.07) is 1.98. The Bertz CT molecular complexity index is 575. The molecule has 1 amide bonds. The van der Waals surface area contributed by atoms with Crippen LogP contribution in [0.25, 0.3) is 10.6 Å². The van der Waals surface area contributed by atoms with Gasteiger partial charge in [0.15, 0.2) is 0 Å². The van der Waals surface area contributed by atoms with Gasteiger partial charge in [-0.3, -0.25) is 4.79 Å². The van der Waals surface area contributed by atoms with Gasteiger partial charge in [-0.05, 0) is 24.8 Å². The summed E-state index contributed by atoms with van der Waals surface area (Å²) in [4.78, 5) is 16.4. The standard InChI is InChI=1S/C14H17N3O2S/c15-6-12(9-1-2-9)17-13(18)5-11-8-20-14(16-11)10-3-4-19-7-10/h3-4,7-9,12H,1-2,5-6,15H2,(H,17,18). The molecule has 1 saturated carbocycles. The fraction of sp³-hybridized carbons (Fsp3) is 0.429. The molecular weight excluding hydrogens is 274 g/mol. The van der Waals surface area contributed by atoms with E-state index in [0.29, 0.717) is 18.9 Å². The van der Waals surface area contributed by atoms with Crippen molar-refractivity contribution < 1.29 is 9.21 Å². The highest BCUT2D eigenvalue weighted by molar-refractivity contribution is 7.13. The Morgan fingerprint density at radius 1 is 1.60 bits per heavy atom. The summed E-state index contributed by atoms with van der Waals surface area (Å²) >= 11 is 1.52. The summed E-state index contributed by atoms with van der Waals surface area (Å²) in [6.45, 7) is 0.508. The zero-order valence-corrected chi connectivity index (χ0v) is 11.9. The quantitative estimate of drug-likeness (QED) is 0.850. The molecule has 1 fully saturated rings. The molecule has 0 saturated heterocycles. The first-order valence-electron chi connectivity index (χ1n) is 6.72. The Morgan fingerprint density at radius 2 is 2.45 bits per heavy atom. The average Bonchev–Trinajstić information content (AvgIpc) is 2.95. The molecule has 5 nitrogen and oxygen atoms in total. The predicted molar refractivity (Wildman–Crippen MR) is 77.2 cm³/mol. The maximum atomic E-state index is 12.0. The smallest absolute Gasteiger partial charge is 0.226 e. The van der Waals surface area contributed by atoms with Crippen LogP contribution in [0, 0.1) is 5.92 Å². The minimum Gasteiger partial charge on any atom is -0.472 e. The molecule has 3 rings (SSSR count). The lowest BCUT2D eigenvalue weighted by Crippen LogP contribution is -2.42. The molecular formula is C14H17N3O2S. The molecule has 2 aromatic heterocycles. The second-order valence-corrected chi connectivity index (χ2v) is 5.94. The van der Waals surface area contributed by atoms with Crippen molar-refractivity contribution >= 4 is 17.2 Å². The van der Waals surface area contributed by atoms with E-state index in [1.807, 2.05) is 11.4 Å². The number of nitrogens with zero attached hydrogens (tertiary/aromatic N) is 1. The predicted octanol–water partition coefficient (Wildman–Crippen LogP) is 1.80. The normalized spacial score (nSPS) is 16.1. The number of hydrogen-bond donors (Lipinski definition) is 2. The average molecular weight is 291 g/mol. The van der Waals surface area contributed by atoms with Crippen molar-refractivity contribution in [3.8, 4) is 10.6 Å². The molecule has 1 aliphatic rings. The molecule has 6 heteroatoms. The third-order valence-electron chi connectivity index (χ3n) is 3.45. The number of carbonyl (C=O) groups excluding carboxylic acids is 1. The van der Waals surface area contributed by atoms with Crippen molar-refractivity contribution in [1.82, 2.24) is 10.3 Å². The highest BCUT2D eigenvalue weighted by atomic mass is 32.1. The molecule has 2 heterocycles. The molecule has 0 aliphatic heterocycles. The summed E-state index contributed by atoms with van der Waals surface area (Å²) in [6.07, 6.45) is 5.91. The van der Waals surface area contributed by atoms with E-state index in [1.54, 1.807) is 12.5 Å². The number of carbonyl (C=O) groups is 1. The Morgan fingerprint density at radius 3 is 3.10 bits per heavy atom. The van der Waals surface area contributed by atoms with E-state index in [2.05, 4.69) is 10.3 Å². The maximum absolute atomic E-state index is 12.0. The topological polar surface area (TPSA) is 81.1 Å². The van der Waals surface area contributed by atoms with E-state index in [1.165, 1.54) is 24.2 Å². The van der Waals surface area contributed by atoms with Crippen LogP contribution in [0.15, 0.2) is 28.4 Å². The maximum Gasteiger partial charge on any atom is 0.226 e. The van der Waals surface area contributed by atoms with Crippen LogP contribution in [-0.4, -0.2) is 23.5 Å². The van der Waals surface area contributed by atoms with Gasteiger partial charge in [-0.25, -0.2) is 4.98 Å². The number of furan rings is 1. The van der Waals surface area contributed by atoms with Gasteiger partial charge in [0.25, 0.3) is 0 Å². The van der Waals surface area contributed by atoms with Crippen LogP contribution < -0.4 is 11.1 Å². The van der Waals surface area contributed by atoms with Gasteiger partial charge in [-0.1, -0.05) is 0 Å². The van der Waals surface area contributed by atoms with Gasteiger partial charge < -0.3 is 15.5 Å². The van der Waals surface area contributed by atoms with E-state index in [-0.39, 0.29) is 11.9 Å². The Kier molecular flexibility index (Phi) is 3.84. The number of rotatable bonds is 6. The lowest BCUT2D eigenvalue weighted by Gasteiger charge is -2.15. The van der Waals surface area contributed by atoms with Crippen LogP contribution >= 0.6 is 11.3 Å². The SMILES string of the molecule is NCC(NC(=O)Cc1csc(-c2ccoc2)n1)C1CC1. The second kappa shape index (κ2) is 5.76. The summed E-state index contributed by atoms with van der Waals surface area (Å²) in [5.41, 5.74) is 7.42. The van der Waals surface area contributed by atoms with Crippen LogP contribution in [-0.2, 0) is 11.2 Å². The summed E-state index contributed by atoms with van der Waals surface area (Å²) in [7, 11) is 0. The molecule has 1 atom stereocenters. The molecule has 0 aromatic carbocycles. The van der Waals surface area contributed by atoms with Gasteiger partial charge >= 0.3 is 0 Å². The molecule has 1 aliphatic carbocycles. The molecule has 0 spiro atoms. The van der Waals surface area contributed by atoms with Crippen LogP contribution in [0.3, 0.4) is 0 Å². The lowest BCUT2D eigenvalue weighted by molar-refractivity contribution is -0.121. The molecule has 2 aromatic rings. The molecule has 0 radical (unpaired) electrons. The van der Waals surface area contributed by atoms with Gasteiger partial charge in [0, 0.05) is 23.5 Å². The zero-order chi connectivity index (χ0) is 13.9. The molecule has 3 N–H and O–H groups in total. The summed E-state index contributed by atoms with van der Waals surface area (Å²) in [5, 5.41) is 5.79.